The fourth-order valence-corrected chi connectivity index (χ4v) is 0.989. The molecule has 0 aromatic heterocycles. The standard InChI is InChI=1S/C7H3BrF2O/c8-5-1-4(3-11)6(9)2-7(5)10/h1-3H. The van der Waals surface area contributed by atoms with Crippen LogP contribution < -0.4 is 0 Å². The van der Waals surface area contributed by atoms with Gasteiger partial charge in [-0.05, 0) is 22.0 Å². The van der Waals surface area contributed by atoms with Gasteiger partial charge in [0.15, 0.2) is 6.29 Å². The van der Waals surface area contributed by atoms with E-state index in [9.17, 15) is 13.6 Å². The number of carbonyl (C=O) groups excluding carboxylic acids is 1. The van der Waals surface area contributed by atoms with Gasteiger partial charge in [-0.2, -0.15) is 0 Å². The number of carbonyl (C=O) groups is 1. The Bertz CT molecular complexity index is 299. The molecule has 58 valence electrons. The molecule has 11 heavy (non-hydrogen) atoms. The first-order chi connectivity index (χ1) is 5.15. The lowest BCUT2D eigenvalue weighted by molar-refractivity contribution is 0.111. The third kappa shape index (κ3) is 1.63. The van der Waals surface area contributed by atoms with Gasteiger partial charge in [0.25, 0.3) is 0 Å². The molecule has 0 radical (unpaired) electrons. The second kappa shape index (κ2) is 3.09. The topological polar surface area (TPSA) is 17.1 Å². The molecule has 0 aliphatic carbocycles. The molecule has 0 N–H and O–H groups in total. The normalized spacial score (nSPS) is 9.73. The maximum atomic E-state index is 12.5. The monoisotopic (exact) mass is 220 g/mol. The zero-order valence-corrected chi connectivity index (χ0v) is 6.86. The summed E-state index contributed by atoms with van der Waals surface area (Å²) in [6, 6.07) is 1.76. The summed E-state index contributed by atoms with van der Waals surface area (Å²) in [4.78, 5) is 10.1. The number of benzene rings is 1. The first-order valence-electron chi connectivity index (χ1n) is 2.75. The summed E-state index contributed by atoms with van der Waals surface area (Å²) in [5.74, 6) is -1.56. The van der Waals surface area contributed by atoms with Crippen LogP contribution in [-0.2, 0) is 0 Å². The number of hydrogen-bond donors (Lipinski definition) is 0. The van der Waals surface area contributed by atoms with Crippen LogP contribution in [0.25, 0.3) is 0 Å². The SMILES string of the molecule is O=Cc1cc(Br)c(F)cc1F. The molecule has 4 heteroatoms. The van der Waals surface area contributed by atoms with Crippen LogP contribution in [0.4, 0.5) is 8.78 Å². The lowest BCUT2D eigenvalue weighted by atomic mass is 10.2. The molecule has 0 saturated heterocycles. The fraction of sp³-hybridized carbons (Fsp3) is 0. The van der Waals surface area contributed by atoms with E-state index in [-0.39, 0.29) is 10.0 Å². The smallest absolute Gasteiger partial charge is 0.153 e. The molecule has 0 fully saturated rings. The van der Waals surface area contributed by atoms with E-state index in [4.69, 9.17) is 0 Å². The summed E-state index contributed by atoms with van der Waals surface area (Å²) in [7, 11) is 0. The number of halogens is 3. The van der Waals surface area contributed by atoms with Gasteiger partial charge in [-0.25, -0.2) is 8.78 Å². The van der Waals surface area contributed by atoms with E-state index in [0.717, 1.165) is 6.07 Å². The van der Waals surface area contributed by atoms with E-state index in [2.05, 4.69) is 15.9 Å². The van der Waals surface area contributed by atoms with Gasteiger partial charge in [0.1, 0.15) is 11.6 Å². The highest BCUT2D eigenvalue weighted by Gasteiger charge is 2.06. The minimum atomic E-state index is -0.847. The zero-order valence-electron chi connectivity index (χ0n) is 5.27. The average Bonchev–Trinajstić information content (AvgIpc) is 1.97. The molecule has 0 amide bonds. The Morgan fingerprint density at radius 3 is 2.45 bits per heavy atom. The number of hydrogen-bond acceptors (Lipinski definition) is 1. The Labute approximate surface area is 70.2 Å². The van der Waals surface area contributed by atoms with E-state index >= 15 is 0 Å². The molecule has 0 saturated carbocycles. The van der Waals surface area contributed by atoms with Crippen molar-refractivity contribution in [1.82, 2.24) is 0 Å². The second-order valence-corrected chi connectivity index (χ2v) is 2.76. The summed E-state index contributed by atoms with van der Waals surface area (Å²) in [5.41, 5.74) is -0.154. The summed E-state index contributed by atoms with van der Waals surface area (Å²) in [6.07, 6.45) is 0.333. The van der Waals surface area contributed by atoms with Gasteiger partial charge in [0, 0.05) is 6.07 Å². The molecule has 0 atom stereocenters. The van der Waals surface area contributed by atoms with E-state index in [0.29, 0.717) is 12.4 Å². The Kier molecular flexibility index (Phi) is 2.34. The van der Waals surface area contributed by atoms with E-state index < -0.39 is 11.6 Å². The molecule has 1 rings (SSSR count). The lowest BCUT2D eigenvalue weighted by Crippen LogP contribution is -1.89. The van der Waals surface area contributed by atoms with Gasteiger partial charge in [0.2, 0.25) is 0 Å². The highest BCUT2D eigenvalue weighted by atomic mass is 79.9. The van der Waals surface area contributed by atoms with Gasteiger partial charge < -0.3 is 0 Å². The Balaban J connectivity index is 3.31. The Morgan fingerprint density at radius 1 is 1.27 bits per heavy atom. The van der Waals surface area contributed by atoms with Crippen molar-refractivity contribution < 1.29 is 13.6 Å². The van der Waals surface area contributed by atoms with Crippen LogP contribution in [0.15, 0.2) is 16.6 Å². The molecule has 0 bridgehead atoms. The third-order valence-corrected chi connectivity index (χ3v) is 1.77. The van der Waals surface area contributed by atoms with Crippen molar-refractivity contribution in [2.24, 2.45) is 0 Å². The molecular formula is C7H3BrF2O. The minimum Gasteiger partial charge on any atom is -0.298 e. The molecule has 1 aromatic carbocycles. The minimum absolute atomic E-state index is 0.0843. The predicted molar refractivity (Wildman–Crippen MR) is 39.4 cm³/mol. The van der Waals surface area contributed by atoms with Crippen LogP contribution in [0.5, 0.6) is 0 Å². The van der Waals surface area contributed by atoms with Crippen molar-refractivity contribution in [3.63, 3.8) is 0 Å². The van der Waals surface area contributed by atoms with Crippen molar-refractivity contribution in [3.05, 3.63) is 33.8 Å². The van der Waals surface area contributed by atoms with Crippen LogP contribution in [0, 0.1) is 11.6 Å². The highest BCUT2D eigenvalue weighted by Crippen LogP contribution is 2.18. The average molecular weight is 221 g/mol. The molecule has 0 heterocycles. The van der Waals surface area contributed by atoms with Gasteiger partial charge in [-0.3, -0.25) is 4.79 Å². The summed E-state index contributed by atoms with van der Waals surface area (Å²) < 4.78 is 25.1. The zero-order chi connectivity index (χ0) is 8.43. The molecule has 1 aromatic rings. The quantitative estimate of drug-likeness (QED) is 0.526. The Hall–Kier alpha value is -0.770. The Morgan fingerprint density at radius 2 is 1.91 bits per heavy atom. The molecule has 0 spiro atoms. The summed E-state index contributed by atoms with van der Waals surface area (Å²) in [6.45, 7) is 0. The maximum Gasteiger partial charge on any atom is 0.153 e. The van der Waals surface area contributed by atoms with Crippen molar-refractivity contribution in [1.29, 1.82) is 0 Å². The van der Waals surface area contributed by atoms with E-state index in [1.54, 1.807) is 0 Å². The van der Waals surface area contributed by atoms with Gasteiger partial charge >= 0.3 is 0 Å². The van der Waals surface area contributed by atoms with Gasteiger partial charge in [0.05, 0.1) is 10.0 Å². The van der Waals surface area contributed by atoms with Crippen molar-refractivity contribution >= 4 is 22.2 Å². The second-order valence-electron chi connectivity index (χ2n) is 1.91. The number of aldehydes is 1. The summed E-state index contributed by atoms with van der Waals surface area (Å²) >= 11 is 2.82. The van der Waals surface area contributed by atoms with E-state index in [1.807, 2.05) is 0 Å². The molecule has 1 nitrogen and oxygen atoms in total. The molecular weight excluding hydrogens is 218 g/mol. The summed E-state index contributed by atoms with van der Waals surface area (Å²) in [5, 5.41) is 0. The van der Waals surface area contributed by atoms with Crippen molar-refractivity contribution in [3.8, 4) is 0 Å². The van der Waals surface area contributed by atoms with Gasteiger partial charge in [-0.15, -0.1) is 0 Å². The molecule has 0 unspecified atom stereocenters. The maximum absolute atomic E-state index is 12.5. The van der Waals surface area contributed by atoms with Crippen LogP contribution in [-0.4, -0.2) is 6.29 Å². The molecule has 0 aliphatic rings. The third-order valence-electron chi connectivity index (χ3n) is 1.17. The predicted octanol–water partition coefficient (Wildman–Crippen LogP) is 2.54. The first kappa shape index (κ1) is 8.33. The van der Waals surface area contributed by atoms with Crippen LogP contribution in [0.3, 0.4) is 0 Å². The first-order valence-corrected chi connectivity index (χ1v) is 3.54. The molecule has 0 aliphatic heterocycles. The lowest BCUT2D eigenvalue weighted by Gasteiger charge is -1.96. The van der Waals surface area contributed by atoms with Crippen molar-refractivity contribution in [2.75, 3.05) is 0 Å². The largest absolute Gasteiger partial charge is 0.298 e. The van der Waals surface area contributed by atoms with Crippen LogP contribution in [0.2, 0.25) is 0 Å². The van der Waals surface area contributed by atoms with Gasteiger partial charge in [-0.1, -0.05) is 0 Å². The fourth-order valence-electron chi connectivity index (χ4n) is 0.628. The van der Waals surface area contributed by atoms with Crippen LogP contribution in [0.1, 0.15) is 10.4 Å². The highest BCUT2D eigenvalue weighted by molar-refractivity contribution is 9.10. The van der Waals surface area contributed by atoms with Crippen LogP contribution >= 0.6 is 15.9 Å². The number of rotatable bonds is 1. The van der Waals surface area contributed by atoms with E-state index in [1.165, 1.54) is 0 Å². The van der Waals surface area contributed by atoms with Crippen molar-refractivity contribution in [2.45, 2.75) is 0 Å².